The van der Waals surface area contributed by atoms with Crippen molar-refractivity contribution in [2.45, 2.75) is 0 Å². The highest BCUT2D eigenvalue weighted by atomic mass is 32.1. The average Bonchev–Trinajstić information content (AvgIpc) is 3.30. The molecule has 0 spiro atoms. The predicted molar refractivity (Wildman–Crippen MR) is 127 cm³/mol. The zero-order valence-corrected chi connectivity index (χ0v) is 18.6. The van der Waals surface area contributed by atoms with E-state index in [1.165, 1.54) is 11.3 Å². The van der Waals surface area contributed by atoms with E-state index in [0.29, 0.717) is 43.9 Å². The molecule has 0 fully saturated rings. The topological polar surface area (TPSA) is 127 Å². The Labute approximate surface area is 197 Å². The Kier molecular flexibility index (Phi) is 5.60. The van der Waals surface area contributed by atoms with Crippen LogP contribution in [0.1, 0.15) is 16.1 Å². The molecule has 0 saturated heterocycles. The Bertz CT molecular complexity index is 1560. The number of nitrogens with zero attached hydrogens (tertiary/aromatic N) is 6. The zero-order chi connectivity index (χ0) is 23.5. The Morgan fingerprint density at radius 2 is 1.91 bits per heavy atom. The minimum Gasteiger partial charge on any atom is -0.496 e. The van der Waals surface area contributed by atoms with Gasteiger partial charge in [0.15, 0.2) is 15.6 Å². The van der Waals surface area contributed by atoms with E-state index in [-0.39, 0.29) is 5.91 Å². The first-order valence-corrected chi connectivity index (χ1v) is 10.9. The first-order chi connectivity index (χ1) is 16.7. The van der Waals surface area contributed by atoms with Crippen LogP contribution in [0, 0.1) is 11.3 Å². The minimum absolute atomic E-state index is 0.323. The monoisotopic (exact) mass is 465 g/mol. The van der Waals surface area contributed by atoms with Gasteiger partial charge in [0.25, 0.3) is 5.91 Å². The van der Waals surface area contributed by atoms with E-state index in [9.17, 15) is 4.79 Å². The first-order valence-electron chi connectivity index (χ1n) is 10.0. The van der Waals surface area contributed by atoms with Crippen molar-refractivity contribution in [1.29, 1.82) is 5.26 Å². The predicted octanol–water partition coefficient (Wildman–Crippen LogP) is 4.34. The number of anilines is 1. The van der Waals surface area contributed by atoms with Crippen LogP contribution in [0.4, 0.5) is 5.13 Å². The molecule has 164 valence electrons. The number of ether oxygens (including phenoxy) is 1. The van der Waals surface area contributed by atoms with E-state index in [4.69, 9.17) is 10.00 Å². The molecule has 0 radical (unpaired) electrons. The number of carbonyl (C=O) groups is 1. The SMILES string of the molecule is COc1ccccc1-c1cnccc1C(=O)Nc1nc2ncc(-c3ccc(C#N)nc3)nc2s1. The van der Waals surface area contributed by atoms with Crippen molar-refractivity contribution < 1.29 is 9.53 Å². The fourth-order valence-electron chi connectivity index (χ4n) is 3.36. The van der Waals surface area contributed by atoms with E-state index in [0.717, 1.165) is 11.1 Å². The van der Waals surface area contributed by atoms with Gasteiger partial charge in [0.05, 0.1) is 24.6 Å². The van der Waals surface area contributed by atoms with Gasteiger partial charge < -0.3 is 4.74 Å². The van der Waals surface area contributed by atoms with Crippen molar-refractivity contribution in [3.63, 3.8) is 0 Å². The summed E-state index contributed by atoms with van der Waals surface area (Å²) < 4.78 is 5.45. The Morgan fingerprint density at radius 1 is 1.03 bits per heavy atom. The third-order valence-electron chi connectivity index (χ3n) is 4.98. The van der Waals surface area contributed by atoms with E-state index in [1.54, 1.807) is 50.1 Å². The number of aromatic nitrogens is 5. The summed E-state index contributed by atoms with van der Waals surface area (Å²) in [6.07, 6.45) is 6.35. The second kappa shape index (κ2) is 9.01. The summed E-state index contributed by atoms with van der Waals surface area (Å²) in [5.41, 5.74) is 3.91. The third-order valence-corrected chi connectivity index (χ3v) is 5.83. The van der Waals surface area contributed by atoms with Gasteiger partial charge in [-0.05, 0) is 24.3 Å². The molecule has 0 saturated carbocycles. The number of amides is 1. The maximum absolute atomic E-state index is 13.1. The van der Waals surface area contributed by atoms with Gasteiger partial charge in [-0.25, -0.2) is 15.0 Å². The number of hydrogen-bond donors (Lipinski definition) is 1. The number of thiazole rings is 1. The number of carbonyl (C=O) groups excluding carboxylic acids is 1. The molecule has 34 heavy (non-hydrogen) atoms. The van der Waals surface area contributed by atoms with E-state index >= 15 is 0 Å². The van der Waals surface area contributed by atoms with Crippen molar-refractivity contribution >= 4 is 32.9 Å². The van der Waals surface area contributed by atoms with E-state index in [1.807, 2.05) is 30.3 Å². The second-order valence-corrected chi connectivity index (χ2v) is 8.00. The molecule has 9 nitrogen and oxygen atoms in total. The van der Waals surface area contributed by atoms with Gasteiger partial charge in [-0.2, -0.15) is 10.2 Å². The van der Waals surface area contributed by atoms with E-state index < -0.39 is 0 Å². The molecule has 5 aromatic rings. The fourth-order valence-corrected chi connectivity index (χ4v) is 4.16. The van der Waals surface area contributed by atoms with Gasteiger partial charge in [-0.3, -0.25) is 15.1 Å². The number of hydrogen-bond acceptors (Lipinski definition) is 9. The summed E-state index contributed by atoms with van der Waals surface area (Å²) in [6.45, 7) is 0. The summed E-state index contributed by atoms with van der Waals surface area (Å²) in [5, 5.41) is 12.1. The van der Waals surface area contributed by atoms with Crippen LogP contribution < -0.4 is 10.1 Å². The van der Waals surface area contributed by atoms with Crippen molar-refractivity contribution in [3.05, 3.63) is 78.5 Å². The molecule has 1 N–H and O–H groups in total. The maximum Gasteiger partial charge on any atom is 0.258 e. The van der Waals surface area contributed by atoms with Crippen LogP contribution in [0.25, 0.3) is 32.9 Å². The van der Waals surface area contributed by atoms with Crippen LogP contribution in [0.3, 0.4) is 0 Å². The largest absolute Gasteiger partial charge is 0.496 e. The molecule has 1 amide bonds. The van der Waals surface area contributed by atoms with Gasteiger partial charge >= 0.3 is 0 Å². The smallest absolute Gasteiger partial charge is 0.258 e. The Morgan fingerprint density at radius 3 is 2.71 bits per heavy atom. The highest BCUT2D eigenvalue weighted by molar-refractivity contribution is 7.21. The van der Waals surface area contributed by atoms with Crippen LogP contribution in [0.15, 0.2) is 67.3 Å². The molecule has 5 rings (SSSR count). The lowest BCUT2D eigenvalue weighted by molar-refractivity contribution is 0.102. The van der Waals surface area contributed by atoms with Crippen molar-refractivity contribution in [3.8, 4) is 34.2 Å². The number of nitriles is 1. The Hall–Kier alpha value is -4.75. The highest BCUT2D eigenvalue weighted by Gasteiger charge is 2.18. The molecule has 4 aromatic heterocycles. The average molecular weight is 465 g/mol. The molecule has 0 aliphatic rings. The zero-order valence-electron chi connectivity index (χ0n) is 17.8. The number of methoxy groups -OCH3 is 1. The molecule has 1 aromatic carbocycles. The minimum atomic E-state index is -0.334. The van der Waals surface area contributed by atoms with Crippen molar-refractivity contribution in [2.75, 3.05) is 12.4 Å². The van der Waals surface area contributed by atoms with Crippen LogP contribution in [-0.2, 0) is 0 Å². The highest BCUT2D eigenvalue weighted by Crippen LogP contribution is 2.32. The fraction of sp³-hybridized carbons (Fsp3) is 0.0417. The van der Waals surface area contributed by atoms with Gasteiger partial charge in [0, 0.05) is 35.3 Å². The number of nitrogens with one attached hydrogen (secondary N) is 1. The van der Waals surface area contributed by atoms with E-state index in [2.05, 4.69) is 30.2 Å². The summed E-state index contributed by atoms with van der Waals surface area (Å²) in [7, 11) is 1.58. The molecule has 0 aliphatic carbocycles. The molecular formula is C24H15N7O2S. The molecule has 0 unspecified atom stereocenters. The van der Waals surface area contributed by atoms with Gasteiger partial charge in [-0.1, -0.05) is 29.5 Å². The number of fused-ring (bicyclic) bond motifs is 1. The molecule has 4 heterocycles. The van der Waals surface area contributed by atoms with Crippen LogP contribution >= 0.6 is 11.3 Å². The van der Waals surface area contributed by atoms with Crippen LogP contribution in [-0.4, -0.2) is 37.9 Å². The quantitative estimate of drug-likeness (QED) is 0.406. The van der Waals surface area contributed by atoms with Crippen molar-refractivity contribution in [2.24, 2.45) is 0 Å². The maximum atomic E-state index is 13.1. The number of benzene rings is 1. The van der Waals surface area contributed by atoms with Crippen molar-refractivity contribution in [1.82, 2.24) is 24.9 Å². The van der Waals surface area contributed by atoms with Crippen LogP contribution in [0.5, 0.6) is 5.75 Å². The number of rotatable bonds is 5. The normalized spacial score (nSPS) is 10.6. The first kappa shape index (κ1) is 21.1. The molecule has 0 atom stereocenters. The lowest BCUT2D eigenvalue weighted by Gasteiger charge is -2.11. The number of para-hydroxylation sites is 1. The third kappa shape index (κ3) is 4.03. The van der Waals surface area contributed by atoms with Gasteiger partial charge in [0.1, 0.15) is 17.5 Å². The Balaban J connectivity index is 1.44. The summed E-state index contributed by atoms with van der Waals surface area (Å²) in [6, 6.07) is 14.4. The molecule has 10 heteroatoms. The summed E-state index contributed by atoms with van der Waals surface area (Å²) in [5.74, 6) is 0.307. The molecule has 0 bridgehead atoms. The molecule has 0 aliphatic heterocycles. The lowest BCUT2D eigenvalue weighted by atomic mass is 10.0. The number of pyridine rings is 2. The lowest BCUT2D eigenvalue weighted by Crippen LogP contribution is -2.13. The molecular weight excluding hydrogens is 450 g/mol. The second-order valence-electron chi connectivity index (χ2n) is 7.02. The summed E-state index contributed by atoms with van der Waals surface area (Å²) in [4.78, 5) is 35.3. The van der Waals surface area contributed by atoms with Gasteiger partial charge in [-0.15, -0.1) is 0 Å². The van der Waals surface area contributed by atoms with Crippen LogP contribution in [0.2, 0.25) is 0 Å². The standard InChI is InChI=1S/C24H15N7O2S/c1-33-20-5-3-2-4-16(20)18-12-26-9-8-17(18)22(32)31-24-30-21-23(34-24)29-19(13-28-21)14-6-7-15(10-25)27-11-14/h2-9,11-13H,1H3,(H,28,30,31,32). The van der Waals surface area contributed by atoms with Gasteiger partial charge in [0.2, 0.25) is 0 Å². The summed E-state index contributed by atoms with van der Waals surface area (Å²) >= 11 is 1.22.